The van der Waals surface area contributed by atoms with Crippen molar-refractivity contribution in [3.05, 3.63) is 0 Å². The number of hydrogen-bond donors (Lipinski definition) is 0. The number of hydrogen-bond acceptors (Lipinski definition) is 2. The molecule has 2 aliphatic rings. The lowest BCUT2D eigenvalue weighted by molar-refractivity contribution is -0.106. The summed E-state index contributed by atoms with van der Waals surface area (Å²) in [6, 6.07) is 0. The average molecular weight is 170 g/mol. The summed E-state index contributed by atoms with van der Waals surface area (Å²) in [5, 5.41) is 0. The van der Waals surface area contributed by atoms with Crippen molar-refractivity contribution >= 4 is 6.29 Å². The van der Waals surface area contributed by atoms with Crippen LogP contribution >= 0.6 is 0 Å². The molecule has 12 heavy (non-hydrogen) atoms. The molecule has 2 fully saturated rings. The van der Waals surface area contributed by atoms with E-state index in [9.17, 15) is 0 Å². The average Bonchev–Trinajstić information content (AvgIpc) is 2.37. The number of carbonyl (C=O) groups excluding carboxylic acids is 1. The van der Waals surface area contributed by atoms with Crippen molar-refractivity contribution in [1.29, 1.82) is 0 Å². The molecule has 1 aliphatic heterocycles. The van der Waals surface area contributed by atoms with Gasteiger partial charge in [0.2, 0.25) is 0 Å². The Labute approximate surface area is 74.3 Å². The molecule has 0 amide bonds. The molecule has 2 rings (SSSR count). The zero-order chi connectivity index (χ0) is 9.03. The molecular weight excluding hydrogens is 152 g/mol. The minimum absolute atomic E-state index is 0.666. The number of rotatable bonds is 0. The van der Waals surface area contributed by atoms with Gasteiger partial charge in [-0.05, 0) is 37.5 Å². The molecule has 70 valence electrons. The smallest absolute Gasteiger partial charge is 0.116 e. The monoisotopic (exact) mass is 170 g/mol. The molecule has 0 aromatic carbocycles. The van der Waals surface area contributed by atoms with Gasteiger partial charge < -0.3 is 9.53 Å². The van der Waals surface area contributed by atoms with E-state index in [0.29, 0.717) is 5.41 Å². The first-order chi connectivity index (χ1) is 5.72. The maximum absolute atomic E-state index is 8.81. The van der Waals surface area contributed by atoms with Crippen LogP contribution in [0.3, 0.4) is 0 Å². The predicted octanol–water partition coefficient (Wildman–Crippen LogP) is 2.03. The van der Waals surface area contributed by atoms with E-state index >= 15 is 0 Å². The summed E-state index contributed by atoms with van der Waals surface area (Å²) < 4.78 is 5.35. The fraction of sp³-hybridized carbons (Fsp3) is 0.900. The minimum Gasteiger partial charge on any atom is -0.381 e. The second kappa shape index (κ2) is 4.04. The molecule has 0 N–H and O–H groups in total. The number of ether oxygens (including phenoxy) is 1. The first kappa shape index (κ1) is 9.72. The van der Waals surface area contributed by atoms with Crippen molar-refractivity contribution in [2.75, 3.05) is 13.2 Å². The van der Waals surface area contributed by atoms with Crippen molar-refractivity contribution < 1.29 is 9.53 Å². The summed E-state index contributed by atoms with van der Waals surface area (Å²) in [5.41, 5.74) is 0.666. The Balaban J connectivity index is 0.000000213. The van der Waals surface area contributed by atoms with Crippen LogP contribution < -0.4 is 0 Å². The molecule has 0 atom stereocenters. The summed E-state index contributed by atoms with van der Waals surface area (Å²) >= 11 is 0. The molecule has 1 spiro atoms. The van der Waals surface area contributed by atoms with Gasteiger partial charge in [-0.3, -0.25) is 0 Å². The van der Waals surface area contributed by atoms with Crippen molar-refractivity contribution in [2.45, 2.75) is 33.1 Å². The second-order valence-corrected chi connectivity index (χ2v) is 4.05. The van der Waals surface area contributed by atoms with Crippen molar-refractivity contribution in [1.82, 2.24) is 0 Å². The second-order valence-electron chi connectivity index (χ2n) is 4.05. The Bertz CT molecular complexity index is 140. The molecule has 2 nitrogen and oxygen atoms in total. The van der Waals surface area contributed by atoms with E-state index in [1.54, 1.807) is 0 Å². The third-order valence-electron chi connectivity index (χ3n) is 2.75. The molecule has 0 bridgehead atoms. The van der Waals surface area contributed by atoms with E-state index < -0.39 is 0 Å². The summed E-state index contributed by atoms with van der Waals surface area (Å²) in [5.74, 6) is 0.978. The fourth-order valence-electron chi connectivity index (χ4n) is 2.39. The van der Waals surface area contributed by atoms with E-state index in [2.05, 4.69) is 6.92 Å². The highest BCUT2D eigenvalue weighted by atomic mass is 16.5. The lowest BCUT2D eigenvalue weighted by Gasteiger charge is -2.42. The van der Waals surface area contributed by atoms with Crippen molar-refractivity contribution in [2.24, 2.45) is 11.3 Å². The van der Waals surface area contributed by atoms with Gasteiger partial charge in [0.05, 0.1) is 6.61 Å². The quantitative estimate of drug-likeness (QED) is 0.520. The standard InChI is InChI=1S/C8H14O.C2H4O/c1-7-4-8(5-7)2-3-9-6-8;1-2-3/h7H,2-6H2,1H3;2H,1H3. The van der Waals surface area contributed by atoms with Crippen LogP contribution in [-0.2, 0) is 9.53 Å². The number of carbonyl (C=O) groups is 1. The molecule has 0 radical (unpaired) electrons. The highest BCUT2D eigenvalue weighted by molar-refractivity contribution is 5.44. The Kier molecular flexibility index (Phi) is 3.27. The predicted molar refractivity (Wildman–Crippen MR) is 48.0 cm³/mol. The van der Waals surface area contributed by atoms with Crippen LogP contribution in [0.4, 0.5) is 0 Å². The van der Waals surface area contributed by atoms with E-state index in [0.717, 1.165) is 25.4 Å². The third-order valence-corrected chi connectivity index (χ3v) is 2.75. The third kappa shape index (κ3) is 2.07. The Morgan fingerprint density at radius 2 is 2.08 bits per heavy atom. The lowest BCUT2D eigenvalue weighted by Crippen LogP contribution is -2.35. The largest absolute Gasteiger partial charge is 0.381 e. The first-order valence-electron chi connectivity index (χ1n) is 4.70. The Morgan fingerprint density at radius 3 is 2.42 bits per heavy atom. The van der Waals surface area contributed by atoms with Crippen LogP contribution in [0.25, 0.3) is 0 Å². The Hall–Kier alpha value is -0.370. The zero-order valence-corrected chi connectivity index (χ0v) is 8.01. The maximum Gasteiger partial charge on any atom is 0.116 e. The van der Waals surface area contributed by atoms with Gasteiger partial charge in [0, 0.05) is 6.61 Å². The van der Waals surface area contributed by atoms with Gasteiger partial charge in [-0.15, -0.1) is 0 Å². The molecule has 1 aliphatic carbocycles. The van der Waals surface area contributed by atoms with Crippen LogP contribution in [0.5, 0.6) is 0 Å². The molecular formula is C10H18O2. The minimum atomic E-state index is 0.666. The topological polar surface area (TPSA) is 26.3 Å². The summed E-state index contributed by atoms with van der Waals surface area (Å²) in [4.78, 5) is 8.81. The SMILES string of the molecule is CC1CC2(CCOC2)C1.CC=O. The zero-order valence-electron chi connectivity index (χ0n) is 8.01. The van der Waals surface area contributed by atoms with Gasteiger partial charge in [0.15, 0.2) is 0 Å². The molecule has 0 aromatic heterocycles. The lowest BCUT2D eigenvalue weighted by atomic mass is 9.62. The molecule has 0 unspecified atom stereocenters. The fourth-order valence-corrected chi connectivity index (χ4v) is 2.39. The van der Waals surface area contributed by atoms with Crippen LogP contribution in [0.2, 0.25) is 0 Å². The highest BCUT2D eigenvalue weighted by Gasteiger charge is 2.44. The Morgan fingerprint density at radius 1 is 1.50 bits per heavy atom. The molecule has 0 aromatic rings. The van der Waals surface area contributed by atoms with Crippen LogP contribution in [-0.4, -0.2) is 19.5 Å². The summed E-state index contributed by atoms with van der Waals surface area (Å²) in [6.45, 7) is 5.85. The van der Waals surface area contributed by atoms with E-state index in [1.807, 2.05) is 0 Å². The van der Waals surface area contributed by atoms with Gasteiger partial charge in [-0.25, -0.2) is 0 Å². The van der Waals surface area contributed by atoms with Gasteiger partial charge >= 0.3 is 0 Å². The number of aldehydes is 1. The van der Waals surface area contributed by atoms with E-state index in [1.165, 1.54) is 26.2 Å². The van der Waals surface area contributed by atoms with Crippen molar-refractivity contribution in [3.8, 4) is 0 Å². The van der Waals surface area contributed by atoms with Crippen molar-refractivity contribution in [3.63, 3.8) is 0 Å². The van der Waals surface area contributed by atoms with Gasteiger partial charge in [-0.1, -0.05) is 6.92 Å². The normalized spacial score (nSPS) is 38.3. The molecule has 1 saturated carbocycles. The van der Waals surface area contributed by atoms with Crippen LogP contribution in [0.1, 0.15) is 33.1 Å². The molecule has 1 saturated heterocycles. The highest BCUT2D eigenvalue weighted by Crippen LogP contribution is 2.50. The van der Waals surface area contributed by atoms with Gasteiger partial charge in [-0.2, -0.15) is 0 Å². The first-order valence-corrected chi connectivity index (χ1v) is 4.70. The molecule has 2 heteroatoms. The van der Waals surface area contributed by atoms with E-state index in [-0.39, 0.29) is 0 Å². The van der Waals surface area contributed by atoms with Gasteiger partial charge in [0.25, 0.3) is 0 Å². The summed E-state index contributed by atoms with van der Waals surface area (Å²) in [6.07, 6.45) is 4.93. The summed E-state index contributed by atoms with van der Waals surface area (Å²) in [7, 11) is 0. The van der Waals surface area contributed by atoms with E-state index in [4.69, 9.17) is 9.53 Å². The maximum atomic E-state index is 8.81. The van der Waals surface area contributed by atoms with Crippen LogP contribution in [0.15, 0.2) is 0 Å². The molecule has 1 heterocycles. The van der Waals surface area contributed by atoms with Gasteiger partial charge in [0.1, 0.15) is 6.29 Å². The van der Waals surface area contributed by atoms with Crippen LogP contribution in [0, 0.1) is 11.3 Å².